The van der Waals surface area contributed by atoms with Gasteiger partial charge in [-0.05, 0) is 13.8 Å². The number of benzene rings is 1. The first-order valence-electron chi connectivity index (χ1n) is 7.10. The van der Waals surface area contributed by atoms with E-state index < -0.39 is 17.3 Å². The first-order valence-corrected chi connectivity index (χ1v) is 7.98. The molecule has 0 unspecified atom stereocenters. The highest BCUT2D eigenvalue weighted by molar-refractivity contribution is 8.00. The van der Waals surface area contributed by atoms with Gasteiger partial charge in [-0.25, -0.2) is 4.79 Å². The number of hydrogen-bond acceptors (Lipinski definition) is 6. The molecule has 0 aliphatic heterocycles. The number of nitrogens with one attached hydrogen (secondary N) is 1. The molecule has 8 heteroatoms. The minimum absolute atomic E-state index is 0.436. The number of methoxy groups -OCH3 is 1. The molecule has 1 aromatic heterocycles. The van der Waals surface area contributed by atoms with Gasteiger partial charge >= 0.3 is 6.09 Å². The summed E-state index contributed by atoms with van der Waals surface area (Å²) in [5.41, 5.74) is 0.959. The number of rotatable bonds is 5. The van der Waals surface area contributed by atoms with E-state index in [0.29, 0.717) is 11.7 Å². The zero-order valence-corrected chi connectivity index (χ0v) is 14.0. The quantitative estimate of drug-likeness (QED) is 0.845. The van der Waals surface area contributed by atoms with Gasteiger partial charge in [0.15, 0.2) is 11.0 Å². The summed E-state index contributed by atoms with van der Waals surface area (Å²) in [6.45, 7) is 4.35. The van der Waals surface area contributed by atoms with E-state index in [0.717, 1.165) is 11.4 Å². The number of carbonyl (C=O) groups is 2. The van der Waals surface area contributed by atoms with Gasteiger partial charge in [-0.2, -0.15) is 0 Å². The monoisotopic (exact) mass is 334 g/mol. The number of ether oxygens (including phenoxy) is 1. The maximum Gasteiger partial charge on any atom is 0.413 e. The largest absolute Gasteiger partial charge is 0.453 e. The Balaban J connectivity index is 2.16. The van der Waals surface area contributed by atoms with Crippen LogP contribution >= 0.6 is 11.8 Å². The average Bonchev–Trinajstić information content (AvgIpc) is 2.97. The van der Waals surface area contributed by atoms with Crippen LogP contribution in [0.5, 0.6) is 0 Å². The Labute approximate surface area is 138 Å². The topological polar surface area (TPSA) is 86.1 Å². The Kier molecular flexibility index (Phi) is 5.75. The van der Waals surface area contributed by atoms with Crippen molar-refractivity contribution in [1.29, 1.82) is 0 Å². The molecule has 1 aromatic carbocycles. The molecule has 2 amide bonds. The van der Waals surface area contributed by atoms with Crippen LogP contribution in [0.15, 0.2) is 35.5 Å². The molecule has 0 bridgehead atoms. The lowest BCUT2D eigenvalue weighted by molar-refractivity contribution is -0.119. The summed E-state index contributed by atoms with van der Waals surface area (Å²) in [6.07, 6.45) is -0.774. The Morgan fingerprint density at radius 3 is 2.61 bits per heavy atom. The Morgan fingerprint density at radius 2 is 2.00 bits per heavy atom. The van der Waals surface area contributed by atoms with E-state index in [1.54, 1.807) is 6.92 Å². The molecule has 1 heterocycles. The number of amides is 2. The number of imide groups is 1. The molecule has 0 aliphatic rings. The lowest BCUT2D eigenvalue weighted by atomic mass is 10.2. The smallest absolute Gasteiger partial charge is 0.413 e. The first kappa shape index (κ1) is 17.0. The standard InChI is InChI=1S/C15H18N4O3S/c1-4-19-12(11-8-6-5-7-9-11)17-18-14(19)23-10(2)13(20)16-15(21)22-3/h5-10H,4H2,1-3H3,(H,16,20,21)/t10-/m1/s1. The van der Waals surface area contributed by atoms with Crippen molar-refractivity contribution in [2.45, 2.75) is 30.8 Å². The highest BCUT2D eigenvalue weighted by atomic mass is 32.2. The van der Waals surface area contributed by atoms with Crippen molar-refractivity contribution in [2.24, 2.45) is 0 Å². The van der Waals surface area contributed by atoms with Crippen molar-refractivity contribution in [3.05, 3.63) is 30.3 Å². The van der Waals surface area contributed by atoms with Crippen LogP contribution < -0.4 is 5.32 Å². The number of carbonyl (C=O) groups excluding carboxylic acids is 2. The van der Waals surface area contributed by atoms with Gasteiger partial charge in [-0.1, -0.05) is 42.1 Å². The summed E-state index contributed by atoms with van der Waals surface area (Å²) in [7, 11) is 1.21. The second-order valence-corrected chi connectivity index (χ2v) is 5.97. The molecule has 122 valence electrons. The third kappa shape index (κ3) is 4.10. The summed E-state index contributed by atoms with van der Waals surface area (Å²) in [5, 5.41) is 10.6. The van der Waals surface area contributed by atoms with Gasteiger partial charge in [0.25, 0.3) is 0 Å². The highest BCUT2D eigenvalue weighted by Crippen LogP contribution is 2.26. The molecule has 1 atom stereocenters. The van der Waals surface area contributed by atoms with Crippen LogP contribution in [0.1, 0.15) is 13.8 Å². The molecule has 23 heavy (non-hydrogen) atoms. The molecule has 2 aromatic rings. The van der Waals surface area contributed by atoms with Crippen molar-refractivity contribution >= 4 is 23.8 Å². The SMILES string of the molecule is CCn1c(S[C@H](C)C(=O)NC(=O)OC)nnc1-c1ccccc1. The zero-order chi connectivity index (χ0) is 16.8. The van der Waals surface area contributed by atoms with Gasteiger partial charge in [0.05, 0.1) is 12.4 Å². The number of thioether (sulfide) groups is 1. The van der Waals surface area contributed by atoms with Crippen LogP contribution in [0.2, 0.25) is 0 Å². The second kappa shape index (κ2) is 7.77. The van der Waals surface area contributed by atoms with Gasteiger partial charge in [0, 0.05) is 12.1 Å². The minimum atomic E-state index is -0.774. The Bertz CT molecular complexity index is 687. The predicted molar refractivity (Wildman–Crippen MR) is 87.0 cm³/mol. The van der Waals surface area contributed by atoms with Crippen molar-refractivity contribution in [3.63, 3.8) is 0 Å². The fourth-order valence-corrected chi connectivity index (χ4v) is 2.84. The van der Waals surface area contributed by atoms with Crippen molar-refractivity contribution in [1.82, 2.24) is 20.1 Å². The van der Waals surface area contributed by atoms with Crippen LogP contribution in [0, 0.1) is 0 Å². The van der Waals surface area contributed by atoms with E-state index in [2.05, 4.69) is 20.3 Å². The molecular weight excluding hydrogens is 316 g/mol. The van der Waals surface area contributed by atoms with Crippen LogP contribution in [-0.4, -0.2) is 39.1 Å². The molecular formula is C15H18N4O3S. The molecule has 7 nitrogen and oxygen atoms in total. The van der Waals surface area contributed by atoms with Crippen molar-refractivity contribution < 1.29 is 14.3 Å². The van der Waals surface area contributed by atoms with Crippen LogP contribution in [-0.2, 0) is 16.1 Å². The maximum absolute atomic E-state index is 11.9. The van der Waals surface area contributed by atoms with Gasteiger partial charge in [-0.3, -0.25) is 10.1 Å². The summed E-state index contributed by atoms with van der Waals surface area (Å²) in [4.78, 5) is 23.0. The normalized spacial score (nSPS) is 11.8. The zero-order valence-electron chi connectivity index (χ0n) is 13.1. The second-order valence-electron chi connectivity index (χ2n) is 4.66. The lowest BCUT2D eigenvalue weighted by Gasteiger charge is -2.11. The molecule has 0 saturated heterocycles. The van der Waals surface area contributed by atoms with E-state index in [1.165, 1.54) is 18.9 Å². The third-order valence-corrected chi connectivity index (χ3v) is 4.21. The molecule has 0 aliphatic carbocycles. The van der Waals surface area contributed by atoms with Gasteiger partial charge in [-0.15, -0.1) is 10.2 Å². The highest BCUT2D eigenvalue weighted by Gasteiger charge is 2.21. The van der Waals surface area contributed by atoms with Crippen LogP contribution in [0.25, 0.3) is 11.4 Å². The molecule has 0 saturated carbocycles. The van der Waals surface area contributed by atoms with E-state index in [1.807, 2.05) is 41.8 Å². The molecule has 0 spiro atoms. The number of hydrogen-bond donors (Lipinski definition) is 1. The van der Waals surface area contributed by atoms with Crippen LogP contribution in [0.3, 0.4) is 0 Å². The maximum atomic E-state index is 11.9. The summed E-state index contributed by atoms with van der Waals surface area (Å²) in [6, 6.07) is 9.72. The summed E-state index contributed by atoms with van der Waals surface area (Å²) in [5.74, 6) is 0.310. The number of nitrogens with zero attached hydrogens (tertiary/aromatic N) is 3. The number of alkyl carbamates (subject to hydrolysis) is 1. The molecule has 1 N–H and O–H groups in total. The lowest BCUT2D eigenvalue weighted by Crippen LogP contribution is -2.36. The Hall–Kier alpha value is -2.35. The van der Waals surface area contributed by atoms with E-state index in [9.17, 15) is 9.59 Å². The van der Waals surface area contributed by atoms with E-state index in [-0.39, 0.29) is 0 Å². The van der Waals surface area contributed by atoms with Crippen LogP contribution in [0.4, 0.5) is 4.79 Å². The molecule has 2 rings (SSSR count). The molecule has 0 fully saturated rings. The van der Waals surface area contributed by atoms with Gasteiger partial charge < -0.3 is 9.30 Å². The average molecular weight is 334 g/mol. The third-order valence-electron chi connectivity index (χ3n) is 3.13. The van der Waals surface area contributed by atoms with E-state index in [4.69, 9.17) is 0 Å². The first-order chi connectivity index (χ1) is 11.1. The summed E-state index contributed by atoms with van der Waals surface area (Å²) < 4.78 is 6.35. The number of aromatic nitrogens is 3. The van der Waals surface area contributed by atoms with E-state index >= 15 is 0 Å². The van der Waals surface area contributed by atoms with Gasteiger partial charge in [0.1, 0.15) is 0 Å². The predicted octanol–water partition coefficient (Wildman–Crippen LogP) is 2.33. The summed E-state index contributed by atoms with van der Waals surface area (Å²) >= 11 is 1.24. The fourth-order valence-electron chi connectivity index (χ4n) is 1.93. The minimum Gasteiger partial charge on any atom is -0.453 e. The Morgan fingerprint density at radius 1 is 1.30 bits per heavy atom. The van der Waals surface area contributed by atoms with Crippen molar-refractivity contribution in [3.8, 4) is 11.4 Å². The molecule has 0 radical (unpaired) electrons. The van der Waals surface area contributed by atoms with Crippen molar-refractivity contribution in [2.75, 3.05) is 7.11 Å². The fraction of sp³-hybridized carbons (Fsp3) is 0.333. The van der Waals surface area contributed by atoms with Gasteiger partial charge in [0.2, 0.25) is 5.91 Å².